The number of benzene rings is 7. The lowest BCUT2D eigenvalue weighted by Gasteiger charge is -2.12. The zero-order valence-corrected chi connectivity index (χ0v) is 26.8. The summed E-state index contributed by atoms with van der Waals surface area (Å²) >= 11 is 1.23. The average molecular weight is 645 g/mol. The van der Waals surface area contributed by atoms with Crippen molar-refractivity contribution in [2.45, 2.75) is 0 Å². The molecule has 0 amide bonds. The summed E-state index contributed by atoms with van der Waals surface area (Å²) < 4.78 is 9.26. The first-order valence-electron chi connectivity index (χ1n) is 16.0. The summed E-state index contributed by atoms with van der Waals surface area (Å²) in [6.45, 7) is 0. The fourth-order valence-electron chi connectivity index (χ4n) is 6.71. The molecular formula is C42H24N6S. The minimum absolute atomic E-state index is 0.583. The van der Waals surface area contributed by atoms with Gasteiger partial charge in [-0.15, -0.1) is 0 Å². The Morgan fingerprint density at radius 2 is 0.918 bits per heavy atom. The van der Waals surface area contributed by atoms with Gasteiger partial charge in [0.1, 0.15) is 11.0 Å². The Morgan fingerprint density at radius 1 is 0.367 bits per heavy atom. The largest absolute Gasteiger partial charge is 0.247 e. The van der Waals surface area contributed by atoms with Crippen molar-refractivity contribution >= 4 is 66.0 Å². The van der Waals surface area contributed by atoms with Gasteiger partial charge in [-0.2, -0.15) is 8.75 Å². The fraction of sp³-hybridized carbons (Fsp3) is 0. The van der Waals surface area contributed by atoms with Crippen LogP contribution in [0.4, 0.5) is 0 Å². The molecule has 3 aromatic heterocycles. The molecule has 0 saturated heterocycles. The van der Waals surface area contributed by atoms with Crippen molar-refractivity contribution in [3.63, 3.8) is 0 Å². The van der Waals surface area contributed by atoms with Gasteiger partial charge in [-0.1, -0.05) is 115 Å². The van der Waals surface area contributed by atoms with Gasteiger partial charge in [0.15, 0.2) is 17.5 Å². The molecule has 7 heteroatoms. The molecule has 0 unspecified atom stereocenters. The number of fused-ring (bicyclic) bond motifs is 7. The predicted octanol–water partition coefficient (Wildman–Crippen LogP) is 10.6. The summed E-state index contributed by atoms with van der Waals surface area (Å²) in [6, 6.07) is 50.1. The van der Waals surface area contributed by atoms with Crippen LogP contribution < -0.4 is 0 Å². The van der Waals surface area contributed by atoms with E-state index in [1.165, 1.54) is 22.5 Å². The standard InChI is InChI=1S/C42H24N6S/c1-2-10-27(11-3-1)38-34-20-21-35-39(48-49-47-35)37(34)33-19-18-32(24-36(33)43-38)42-45-40(30-16-14-25-8-4-6-12-28(25)22-30)44-41(46-42)31-17-15-26-9-5-7-13-29(26)23-31/h1-24H. The van der Waals surface area contributed by atoms with Gasteiger partial charge in [0.05, 0.1) is 22.9 Å². The third kappa shape index (κ3) is 4.71. The van der Waals surface area contributed by atoms with Crippen LogP contribution in [-0.2, 0) is 0 Å². The molecule has 228 valence electrons. The van der Waals surface area contributed by atoms with E-state index in [1.54, 1.807) is 0 Å². The Bertz CT molecular complexity index is 2800. The second-order valence-corrected chi connectivity index (χ2v) is 12.6. The number of pyridine rings is 1. The van der Waals surface area contributed by atoms with Crippen molar-refractivity contribution in [3.8, 4) is 45.4 Å². The van der Waals surface area contributed by atoms with Gasteiger partial charge in [-0.25, -0.2) is 19.9 Å². The van der Waals surface area contributed by atoms with Gasteiger partial charge < -0.3 is 0 Å². The molecule has 0 aliphatic carbocycles. The number of rotatable bonds is 4. The van der Waals surface area contributed by atoms with Gasteiger partial charge in [0.2, 0.25) is 0 Å². The van der Waals surface area contributed by atoms with Gasteiger partial charge in [0.25, 0.3) is 0 Å². The molecule has 0 atom stereocenters. The van der Waals surface area contributed by atoms with E-state index in [4.69, 9.17) is 24.3 Å². The number of hydrogen-bond donors (Lipinski definition) is 0. The normalized spacial score (nSPS) is 11.7. The first kappa shape index (κ1) is 27.7. The Kier molecular flexibility index (Phi) is 6.25. The predicted molar refractivity (Wildman–Crippen MR) is 200 cm³/mol. The van der Waals surface area contributed by atoms with Crippen LogP contribution >= 0.6 is 11.7 Å². The second kappa shape index (κ2) is 11.1. The van der Waals surface area contributed by atoms with E-state index in [-0.39, 0.29) is 0 Å². The molecule has 0 aliphatic heterocycles. The fourth-order valence-corrected chi connectivity index (χ4v) is 7.26. The first-order valence-corrected chi connectivity index (χ1v) is 16.8. The lowest BCUT2D eigenvalue weighted by Crippen LogP contribution is -2.00. The smallest absolute Gasteiger partial charge is 0.164 e. The summed E-state index contributed by atoms with van der Waals surface area (Å²) in [5.74, 6) is 1.82. The maximum Gasteiger partial charge on any atom is 0.164 e. The number of nitrogens with zero attached hydrogens (tertiary/aromatic N) is 6. The van der Waals surface area contributed by atoms with Crippen LogP contribution in [0.25, 0.3) is 99.7 Å². The van der Waals surface area contributed by atoms with Gasteiger partial charge in [-0.3, -0.25) is 0 Å². The zero-order valence-electron chi connectivity index (χ0n) is 25.9. The Morgan fingerprint density at radius 3 is 1.57 bits per heavy atom. The molecule has 0 N–H and O–H groups in total. The molecule has 10 rings (SSSR count). The highest BCUT2D eigenvalue weighted by atomic mass is 32.1. The monoisotopic (exact) mass is 644 g/mol. The number of aromatic nitrogens is 6. The van der Waals surface area contributed by atoms with E-state index in [9.17, 15) is 0 Å². The van der Waals surface area contributed by atoms with Crippen molar-refractivity contribution in [1.29, 1.82) is 0 Å². The Balaban J connectivity index is 1.21. The van der Waals surface area contributed by atoms with Gasteiger partial charge in [0, 0.05) is 38.4 Å². The molecule has 6 nitrogen and oxygen atoms in total. The van der Waals surface area contributed by atoms with Crippen LogP contribution in [0.1, 0.15) is 0 Å². The summed E-state index contributed by atoms with van der Waals surface area (Å²) in [5.41, 5.74) is 7.26. The Hall–Kier alpha value is -6.44. The van der Waals surface area contributed by atoms with Crippen LogP contribution in [0, 0.1) is 0 Å². The first-order chi connectivity index (χ1) is 24.2. The molecule has 0 radical (unpaired) electrons. The summed E-state index contributed by atoms with van der Waals surface area (Å²) in [7, 11) is 0. The lowest BCUT2D eigenvalue weighted by atomic mass is 9.98. The third-order valence-corrected chi connectivity index (χ3v) is 9.68. The van der Waals surface area contributed by atoms with Crippen molar-refractivity contribution in [1.82, 2.24) is 28.7 Å². The van der Waals surface area contributed by atoms with E-state index in [2.05, 4.69) is 126 Å². The zero-order chi connectivity index (χ0) is 32.3. The molecule has 7 aromatic carbocycles. The van der Waals surface area contributed by atoms with E-state index in [0.29, 0.717) is 17.5 Å². The van der Waals surface area contributed by atoms with Crippen LogP contribution in [0.3, 0.4) is 0 Å². The molecule has 0 bridgehead atoms. The molecule has 10 aromatic rings. The summed E-state index contributed by atoms with van der Waals surface area (Å²) in [4.78, 5) is 20.5. The van der Waals surface area contributed by atoms with Crippen molar-refractivity contribution in [3.05, 3.63) is 146 Å². The minimum Gasteiger partial charge on any atom is -0.247 e. The van der Waals surface area contributed by atoms with Crippen molar-refractivity contribution in [2.75, 3.05) is 0 Å². The van der Waals surface area contributed by atoms with Crippen LogP contribution in [-0.4, -0.2) is 28.7 Å². The average Bonchev–Trinajstić information content (AvgIpc) is 3.66. The minimum atomic E-state index is 0.583. The number of hydrogen-bond acceptors (Lipinski definition) is 7. The van der Waals surface area contributed by atoms with Gasteiger partial charge >= 0.3 is 0 Å². The summed E-state index contributed by atoms with van der Waals surface area (Å²) in [6.07, 6.45) is 0. The summed E-state index contributed by atoms with van der Waals surface area (Å²) in [5, 5.41) is 7.70. The lowest BCUT2D eigenvalue weighted by molar-refractivity contribution is 1.08. The van der Waals surface area contributed by atoms with Crippen LogP contribution in [0.15, 0.2) is 146 Å². The molecular weight excluding hydrogens is 621 g/mol. The molecule has 0 fully saturated rings. The van der Waals surface area contributed by atoms with E-state index in [1.807, 2.05) is 24.3 Å². The SMILES string of the molecule is c1ccc(-c2nc3cc(-c4nc(-c5ccc6ccccc6c5)nc(-c5ccc6ccccc6c5)n4)ccc3c3c2ccc2nsnc23)cc1. The van der Waals surface area contributed by atoms with E-state index < -0.39 is 0 Å². The highest BCUT2D eigenvalue weighted by Gasteiger charge is 2.18. The molecule has 3 heterocycles. The highest BCUT2D eigenvalue weighted by molar-refractivity contribution is 7.00. The maximum absolute atomic E-state index is 5.26. The van der Waals surface area contributed by atoms with E-state index >= 15 is 0 Å². The highest BCUT2D eigenvalue weighted by Crippen LogP contribution is 2.38. The van der Waals surface area contributed by atoms with E-state index in [0.717, 1.165) is 71.4 Å². The quantitative estimate of drug-likeness (QED) is 0.177. The maximum atomic E-state index is 5.26. The van der Waals surface area contributed by atoms with Gasteiger partial charge in [-0.05, 0) is 51.9 Å². The van der Waals surface area contributed by atoms with Crippen molar-refractivity contribution in [2.24, 2.45) is 0 Å². The Labute approximate surface area is 284 Å². The second-order valence-electron chi connectivity index (χ2n) is 12.1. The van der Waals surface area contributed by atoms with Crippen LogP contribution in [0.2, 0.25) is 0 Å². The molecule has 49 heavy (non-hydrogen) atoms. The molecule has 0 spiro atoms. The topological polar surface area (TPSA) is 77.3 Å². The van der Waals surface area contributed by atoms with Crippen LogP contribution in [0.5, 0.6) is 0 Å². The van der Waals surface area contributed by atoms with Crippen molar-refractivity contribution < 1.29 is 0 Å². The molecule has 0 saturated carbocycles. The molecule has 0 aliphatic rings. The third-order valence-electron chi connectivity index (χ3n) is 9.14.